The highest BCUT2D eigenvalue weighted by Crippen LogP contribution is 2.31. The number of carbonyl (C=O) groups excluding carboxylic acids is 1. The minimum atomic E-state index is -0.762. The highest BCUT2D eigenvalue weighted by molar-refractivity contribution is 6.06. The monoisotopic (exact) mass is 355 g/mol. The number of aliphatic hydroxyl groups excluding tert-OH is 2. The molecule has 1 aromatic carbocycles. The summed E-state index contributed by atoms with van der Waals surface area (Å²) in [6.07, 6.45) is 1.26. The van der Waals surface area contributed by atoms with Gasteiger partial charge in [-0.25, -0.2) is 15.0 Å². The van der Waals surface area contributed by atoms with Crippen LogP contribution in [0.25, 0.3) is 11.2 Å². The van der Waals surface area contributed by atoms with Crippen molar-refractivity contribution >= 4 is 22.9 Å². The summed E-state index contributed by atoms with van der Waals surface area (Å²) in [6.45, 7) is -0.266. The Morgan fingerprint density at radius 1 is 1.27 bits per heavy atom. The molecule has 9 nitrogen and oxygen atoms in total. The molecule has 134 valence electrons. The van der Waals surface area contributed by atoms with E-state index in [0.717, 1.165) is 0 Å². The summed E-state index contributed by atoms with van der Waals surface area (Å²) < 4.78 is 7.30. The van der Waals surface area contributed by atoms with Gasteiger partial charge in [0.15, 0.2) is 17.0 Å². The highest BCUT2D eigenvalue weighted by atomic mass is 16.5. The molecule has 1 aliphatic heterocycles. The third-order valence-corrected chi connectivity index (χ3v) is 4.32. The van der Waals surface area contributed by atoms with Gasteiger partial charge in [0, 0.05) is 12.0 Å². The van der Waals surface area contributed by atoms with E-state index in [1.165, 1.54) is 12.7 Å². The molecule has 1 amide bonds. The number of hydrogen-bond donors (Lipinski definition) is 3. The third-order valence-electron chi connectivity index (χ3n) is 4.32. The van der Waals surface area contributed by atoms with Crippen molar-refractivity contribution in [3.8, 4) is 0 Å². The van der Waals surface area contributed by atoms with Crippen LogP contribution in [-0.2, 0) is 4.74 Å². The van der Waals surface area contributed by atoms with E-state index in [1.54, 1.807) is 28.8 Å². The zero-order valence-corrected chi connectivity index (χ0v) is 13.7. The largest absolute Gasteiger partial charge is 0.394 e. The van der Waals surface area contributed by atoms with Gasteiger partial charge in [-0.1, -0.05) is 18.2 Å². The third kappa shape index (κ3) is 2.92. The first-order valence-corrected chi connectivity index (χ1v) is 8.15. The van der Waals surface area contributed by atoms with Gasteiger partial charge in [0.1, 0.15) is 18.7 Å². The van der Waals surface area contributed by atoms with Crippen LogP contribution < -0.4 is 5.32 Å². The fourth-order valence-electron chi connectivity index (χ4n) is 2.97. The molecule has 0 spiro atoms. The van der Waals surface area contributed by atoms with E-state index in [0.29, 0.717) is 29.0 Å². The van der Waals surface area contributed by atoms with Gasteiger partial charge < -0.3 is 20.3 Å². The topological polar surface area (TPSA) is 122 Å². The minimum Gasteiger partial charge on any atom is -0.394 e. The Bertz CT molecular complexity index is 929. The molecule has 1 fully saturated rings. The van der Waals surface area contributed by atoms with Crippen LogP contribution in [0.5, 0.6) is 0 Å². The normalized spacial score (nSPS) is 22.6. The SMILES string of the molecule is O=C(Nc1ncnc2c1ncn2[C@@H]1C[C@@H](O)[C@@H](CO)O1)c1ccccc1. The van der Waals surface area contributed by atoms with Gasteiger partial charge in [0.2, 0.25) is 0 Å². The molecule has 3 heterocycles. The van der Waals surface area contributed by atoms with Crippen molar-refractivity contribution in [2.45, 2.75) is 24.9 Å². The highest BCUT2D eigenvalue weighted by Gasteiger charge is 2.35. The zero-order chi connectivity index (χ0) is 18.1. The fraction of sp³-hybridized carbons (Fsp3) is 0.294. The number of carbonyl (C=O) groups is 1. The minimum absolute atomic E-state index is 0.266. The number of benzene rings is 1. The molecule has 2 aromatic heterocycles. The molecule has 0 bridgehead atoms. The van der Waals surface area contributed by atoms with Crippen LogP contribution in [0.4, 0.5) is 5.82 Å². The number of ether oxygens (including phenoxy) is 1. The molecule has 0 saturated carbocycles. The summed E-state index contributed by atoms with van der Waals surface area (Å²) in [7, 11) is 0. The molecular weight excluding hydrogens is 338 g/mol. The van der Waals surface area contributed by atoms with Gasteiger partial charge in [-0.05, 0) is 12.1 Å². The average Bonchev–Trinajstić information content (AvgIpc) is 3.26. The molecule has 0 radical (unpaired) electrons. The summed E-state index contributed by atoms with van der Waals surface area (Å²) >= 11 is 0. The summed E-state index contributed by atoms with van der Waals surface area (Å²) in [6, 6.07) is 8.79. The van der Waals surface area contributed by atoms with Crippen LogP contribution >= 0.6 is 0 Å². The second-order valence-electron chi connectivity index (χ2n) is 5.98. The number of aromatic nitrogens is 4. The predicted molar refractivity (Wildman–Crippen MR) is 91.3 cm³/mol. The molecule has 1 saturated heterocycles. The van der Waals surface area contributed by atoms with Gasteiger partial charge in [0.25, 0.3) is 5.91 Å². The summed E-state index contributed by atoms with van der Waals surface area (Å²) in [4.78, 5) is 25.0. The van der Waals surface area contributed by atoms with E-state index in [-0.39, 0.29) is 12.5 Å². The molecule has 3 aromatic rings. The van der Waals surface area contributed by atoms with Gasteiger partial charge in [-0.2, -0.15) is 0 Å². The molecule has 26 heavy (non-hydrogen) atoms. The fourth-order valence-corrected chi connectivity index (χ4v) is 2.97. The van der Waals surface area contributed by atoms with Crippen LogP contribution in [0.15, 0.2) is 43.0 Å². The lowest BCUT2D eigenvalue weighted by Gasteiger charge is -2.13. The van der Waals surface area contributed by atoms with Crippen molar-refractivity contribution < 1.29 is 19.7 Å². The first kappa shape index (κ1) is 16.6. The molecule has 0 aliphatic carbocycles. The maximum atomic E-state index is 12.4. The lowest BCUT2D eigenvalue weighted by atomic mass is 10.2. The molecule has 3 atom stereocenters. The molecule has 4 rings (SSSR count). The molecule has 1 aliphatic rings. The number of nitrogens with zero attached hydrogens (tertiary/aromatic N) is 4. The number of amides is 1. The van der Waals surface area contributed by atoms with E-state index in [9.17, 15) is 15.0 Å². The number of fused-ring (bicyclic) bond motifs is 1. The first-order chi connectivity index (χ1) is 12.7. The van der Waals surface area contributed by atoms with Crippen LogP contribution in [0.2, 0.25) is 0 Å². The van der Waals surface area contributed by atoms with Gasteiger partial charge >= 0.3 is 0 Å². The Morgan fingerprint density at radius 2 is 2.08 bits per heavy atom. The standard InChI is InChI=1S/C17H17N5O4/c23-7-12-11(24)6-13(26-12)22-9-20-14-15(18-8-19-16(14)22)21-17(25)10-4-2-1-3-5-10/h1-5,8-9,11-13,23-24H,6-7H2,(H,18,19,21,25)/t11-,12-,13+/m1/s1. The molecular formula is C17H17N5O4. The van der Waals surface area contributed by atoms with Crippen molar-refractivity contribution in [2.75, 3.05) is 11.9 Å². The van der Waals surface area contributed by atoms with Crippen molar-refractivity contribution in [2.24, 2.45) is 0 Å². The van der Waals surface area contributed by atoms with Crippen LogP contribution in [-0.4, -0.2) is 54.5 Å². The Kier molecular flexibility index (Phi) is 4.33. The van der Waals surface area contributed by atoms with Crippen molar-refractivity contribution in [3.63, 3.8) is 0 Å². The Labute approximate surface area is 148 Å². The second-order valence-corrected chi connectivity index (χ2v) is 5.98. The number of imidazole rings is 1. The van der Waals surface area contributed by atoms with E-state index in [4.69, 9.17) is 4.74 Å². The van der Waals surface area contributed by atoms with Crippen molar-refractivity contribution in [1.29, 1.82) is 0 Å². The summed E-state index contributed by atoms with van der Waals surface area (Å²) in [5.41, 5.74) is 1.40. The van der Waals surface area contributed by atoms with E-state index in [2.05, 4.69) is 20.3 Å². The molecule has 0 unspecified atom stereocenters. The number of rotatable bonds is 4. The predicted octanol–water partition coefficient (Wildman–Crippen LogP) is 0.719. The lowest BCUT2D eigenvalue weighted by molar-refractivity contribution is -0.0432. The summed E-state index contributed by atoms with van der Waals surface area (Å²) in [5.74, 6) is -0.00658. The second kappa shape index (κ2) is 6.79. The van der Waals surface area contributed by atoms with Gasteiger partial charge in [-0.3, -0.25) is 9.36 Å². The maximum absolute atomic E-state index is 12.4. The van der Waals surface area contributed by atoms with Crippen molar-refractivity contribution in [1.82, 2.24) is 19.5 Å². The number of nitrogens with one attached hydrogen (secondary N) is 1. The zero-order valence-electron chi connectivity index (χ0n) is 13.7. The van der Waals surface area contributed by atoms with Gasteiger partial charge in [0.05, 0.1) is 19.0 Å². The van der Waals surface area contributed by atoms with Crippen LogP contribution in [0.3, 0.4) is 0 Å². The van der Waals surface area contributed by atoms with Crippen LogP contribution in [0, 0.1) is 0 Å². The summed E-state index contributed by atoms with van der Waals surface area (Å²) in [5, 5.41) is 21.9. The Balaban J connectivity index is 1.63. The first-order valence-electron chi connectivity index (χ1n) is 8.15. The average molecular weight is 355 g/mol. The number of aliphatic hydroxyl groups is 2. The smallest absolute Gasteiger partial charge is 0.256 e. The van der Waals surface area contributed by atoms with Crippen LogP contribution in [0.1, 0.15) is 23.0 Å². The maximum Gasteiger partial charge on any atom is 0.256 e. The number of hydrogen-bond acceptors (Lipinski definition) is 7. The Morgan fingerprint density at radius 3 is 2.81 bits per heavy atom. The number of anilines is 1. The molecule has 3 N–H and O–H groups in total. The Hall–Kier alpha value is -2.88. The van der Waals surface area contributed by atoms with E-state index in [1.807, 2.05) is 6.07 Å². The lowest BCUT2D eigenvalue weighted by Crippen LogP contribution is -2.24. The quantitative estimate of drug-likeness (QED) is 0.630. The van der Waals surface area contributed by atoms with E-state index >= 15 is 0 Å². The van der Waals surface area contributed by atoms with Crippen molar-refractivity contribution in [3.05, 3.63) is 48.5 Å². The molecule has 9 heteroatoms. The van der Waals surface area contributed by atoms with E-state index < -0.39 is 18.4 Å². The van der Waals surface area contributed by atoms with Gasteiger partial charge in [-0.15, -0.1) is 0 Å².